The smallest absolute Gasteiger partial charge is 0.110 e. The number of aryl methyl sites for hydroxylation is 2. The Balaban J connectivity index is 2.11. The van der Waals surface area contributed by atoms with E-state index in [4.69, 9.17) is 5.73 Å². The Morgan fingerprint density at radius 3 is 2.82 bits per heavy atom. The summed E-state index contributed by atoms with van der Waals surface area (Å²) in [6.07, 6.45) is 6.39. The zero-order valence-electron chi connectivity index (χ0n) is 10.3. The summed E-state index contributed by atoms with van der Waals surface area (Å²) in [5.41, 5.74) is 8.23. The second kappa shape index (κ2) is 5.10. The maximum atomic E-state index is 6.17. The molecule has 17 heavy (non-hydrogen) atoms. The Kier molecular flexibility index (Phi) is 3.54. The third kappa shape index (κ3) is 2.71. The molecule has 1 atom stereocenters. The van der Waals surface area contributed by atoms with Gasteiger partial charge in [0.25, 0.3) is 0 Å². The van der Waals surface area contributed by atoms with Crippen molar-refractivity contribution in [3.8, 4) is 0 Å². The van der Waals surface area contributed by atoms with E-state index in [1.165, 1.54) is 0 Å². The molecule has 2 heterocycles. The van der Waals surface area contributed by atoms with E-state index >= 15 is 0 Å². The first kappa shape index (κ1) is 11.8. The topological polar surface area (TPSA) is 56.7 Å². The third-order valence-electron chi connectivity index (χ3n) is 2.91. The summed E-state index contributed by atoms with van der Waals surface area (Å²) in [7, 11) is 0. The maximum absolute atomic E-state index is 6.17. The third-order valence-corrected chi connectivity index (χ3v) is 2.91. The molecule has 0 radical (unpaired) electrons. The van der Waals surface area contributed by atoms with E-state index in [0.29, 0.717) is 0 Å². The predicted molar refractivity (Wildman–Crippen MR) is 67.5 cm³/mol. The average molecular weight is 230 g/mol. The maximum Gasteiger partial charge on any atom is 0.110 e. The van der Waals surface area contributed by atoms with E-state index in [1.54, 1.807) is 0 Å². The molecule has 0 aromatic carbocycles. The van der Waals surface area contributed by atoms with Gasteiger partial charge in [0.15, 0.2) is 0 Å². The number of hydrogen-bond acceptors (Lipinski definition) is 3. The molecule has 0 spiro atoms. The number of imidazole rings is 1. The van der Waals surface area contributed by atoms with Crippen LogP contribution in [0.25, 0.3) is 0 Å². The molecule has 90 valence electrons. The van der Waals surface area contributed by atoms with Crippen molar-refractivity contribution in [3.63, 3.8) is 0 Å². The van der Waals surface area contributed by atoms with Gasteiger partial charge >= 0.3 is 0 Å². The fourth-order valence-electron chi connectivity index (χ4n) is 1.83. The molecule has 4 heteroatoms. The Hall–Kier alpha value is -1.68. The van der Waals surface area contributed by atoms with Crippen molar-refractivity contribution in [3.05, 3.63) is 47.8 Å². The van der Waals surface area contributed by atoms with Crippen molar-refractivity contribution in [2.24, 2.45) is 5.73 Å². The molecule has 0 aliphatic carbocycles. The SMILES string of the molecule is CCn1ccnc1CC(N)c1ccc(C)nc1. The summed E-state index contributed by atoms with van der Waals surface area (Å²) < 4.78 is 2.11. The minimum absolute atomic E-state index is 0.0456. The van der Waals surface area contributed by atoms with Gasteiger partial charge in [-0.1, -0.05) is 6.07 Å². The summed E-state index contributed by atoms with van der Waals surface area (Å²) in [6, 6.07) is 3.98. The summed E-state index contributed by atoms with van der Waals surface area (Å²) in [4.78, 5) is 8.60. The van der Waals surface area contributed by atoms with E-state index in [-0.39, 0.29) is 6.04 Å². The first-order chi connectivity index (χ1) is 8.20. The van der Waals surface area contributed by atoms with Gasteiger partial charge in [0.1, 0.15) is 5.82 Å². The second-order valence-electron chi connectivity index (χ2n) is 4.17. The van der Waals surface area contributed by atoms with Crippen LogP contribution in [0.2, 0.25) is 0 Å². The van der Waals surface area contributed by atoms with Crippen LogP contribution in [0.4, 0.5) is 0 Å². The van der Waals surface area contributed by atoms with Gasteiger partial charge in [-0.05, 0) is 25.5 Å². The highest BCUT2D eigenvalue weighted by molar-refractivity contribution is 5.18. The minimum atomic E-state index is -0.0456. The predicted octanol–water partition coefficient (Wildman–Crippen LogP) is 1.85. The van der Waals surface area contributed by atoms with Crippen LogP contribution < -0.4 is 5.73 Å². The number of nitrogens with two attached hydrogens (primary N) is 1. The van der Waals surface area contributed by atoms with Crippen molar-refractivity contribution in [1.29, 1.82) is 0 Å². The Bertz CT molecular complexity index is 472. The minimum Gasteiger partial charge on any atom is -0.335 e. The van der Waals surface area contributed by atoms with Gasteiger partial charge in [0.05, 0.1) is 0 Å². The van der Waals surface area contributed by atoms with Crippen LogP contribution in [-0.4, -0.2) is 14.5 Å². The molecular weight excluding hydrogens is 212 g/mol. The number of rotatable bonds is 4. The van der Waals surface area contributed by atoms with Gasteiger partial charge in [-0.2, -0.15) is 0 Å². The van der Waals surface area contributed by atoms with Crippen molar-refractivity contribution >= 4 is 0 Å². The monoisotopic (exact) mass is 230 g/mol. The standard InChI is InChI=1S/C13H18N4/c1-3-17-7-6-15-13(17)8-12(14)11-5-4-10(2)16-9-11/h4-7,9,12H,3,8,14H2,1-2H3. The Morgan fingerprint density at radius 1 is 1.35 bits per heavy atom. The molecule has 0 amide bonds. The van der Waals surface area contributed by atoms with Crippen LogP contribution in [0, 0.1) is 6.92 Å². The van der Waals surface area contributed by atoms with E-state index < -0.39 is 0 Å². The molecule has 0 bridgehead atoms. The van der Waals surface area contributed by atoms with Gasteiger partial charge < -0.3 is 10.3 Å². The lowest BCUT2D eigenvalue weighted by Gasteiger charge is -2.12. The molecule has 1 unspecified atom stereocenters. The zero-order chi connectivity index (χ0) is 12.3. The fourth-order valence-corrected chi connectivity index (χ4v) is 1.83. The molecule has 0 aliphatic heterocycles. The summed E-state index contributed by atoms with van der Waals surface area (Å²) >= 11 is 0. The van der Waals surface area contributed by atoms with Gasteiger partial charge in [-0.15, -0.1) is 0 Å². The Morgan fingerprint density at radius 2 is 2.18 bits per heavy atom. The van der Waals surface area contributed by atoms with Crippen molar-refractivity contribution in [2.75, 3.05) is 0 Å². The molecule has 2 N–H and O–H groups in total. The molecule has 0 saturated carbocycles. The first-order valence-corrected chi connectivity index (χ1v) is 5.89. The molecule has 2 rings (SSSR count). The van der Waals surface area contributed by atoms with Gasteiger partial charge in [-0.3, -0.25) is 4.98 Å². The molecule has 2 aromatic heterocycles. The van der Waals surface area contributed by atoms with Crippen LogP contribution in [0.5, 0.6) is 0 Å². The molecular formula is C13H18N4. The quantitative estimate of drug-likeness (QED) is 0.872. The molecule has 0 aliphatic rings. The van der Waals surface area contributed by atoms with Crippen LogP contribution >= 0.6 is 0 Å². The van der Waals surface area contributed by atoms with E-state index in [9.17, 15) is 0 Å². The van der Waals surface area contributed by atoms with E-state index in [0.717, 1.165) is 30.0 Å². The van der Waals surface area contributed by atoms with Gasteiger partial charge in [-0.25, -0.2) is 4.98 Å². The lowest BCUT2D eigenvalue weighted by Crippen LogP contribution is -2.16. The largest absolute Gasteiger partial charge is 0.335 e. The summed E-state index contributed by atoms with van der Waals surface area (Å²) in [6.45, 7) is 5.00. The van der Waals surface area contributed by atoms with E-state index in [1.807, 2.05) is 37.6 Å². The fraction of sp³-hybridized carbons (Fsp3) is 0.385. The van der Waals surface area contributed by atoms with E-state index in [2.05, 4.69) is 21.5 Å². The number of aromatic nitrogens is 3. The van der Waals surface area contributed by atoms with Crippen LogP contribution in [0.3, 0.4) is 0 Å². The second-order valence-corrected chi connectivity index (χ2v) is 4.17. The van der Waals surface area contributed by atoms with Gasteiger partial charge in [0, 0.05) is 43.3 Å². The normalized spacial score (nSPS) is 12.6. The molecule has 2 aromatic rings. The lowest BCUT2D eigenvalue weighted by atomic mass is 10.1. The van der Waals surface area contributed by atoms with Crippen LogP contribution in [0.15, 0.2) is 30.7 Å². The highest BCUT2D eigenvalue weighted by atomic mass is 15.1. The Labute approximate surface area is 102 Å². The first-order valence-electron chi connectivity index (χ1n) is 5.89. The lowest BCUT2D eigenvalue weighted by molar-refractivity contribution is 0.626. The highest BCUT2D eigenvalue weighted by Crippen LogP contribution is 2.14. The van der Waals surface area contributed by atoms with Crippen molar-refractivity contribution in [1.82, 2.24) is 14.5 Å². The average Bonchev–Trinajstić information content (AvgIpc) is 2.77. The summed E-state index contributed by atoms with van der Waals surface area (Å²) in [5.74, 6) is 1.03. The molecule has 0 fully saturated rings. The van der Waals surface area contributed by atoms with Crippen LogP contribution in [0.1, 0.15) is 30.0 Å². The van der Waals surface area contributed by atoms with Crippen LogP contribution in [-0.2, 0) is 13.0 Å². The molecule has 0 saturated heterocycles. The number of hydrogen-bond donors (Lipinski definition) is 1. The van der Waals surface area contributed by atoms with Crippen molar-refractivity contribution < 1.29 is 0 Å². The zero-order valence-corrected chi connectivity index (χ0v) is 10.3. The van der Waals surface area contributed by atoms with Crippen molar-refractivity contribution in [2.45, 2.75) is 32.9 Å². The number of pyridine rings is 1. The summed E-state index contributed by atoms with van der Waals surface area (Å²) in [5, 5.41) is 0. The number of nitrogens with zero attached hydrogens (tertiary/aromatic N) is 3. The van der Waals surface area contributed by atoms with Gasteiger partial charge in [0.2, 0.25) is 0 Å². The molecule has 4 nitrogen and oxygen atoms in total. The highest BCUT2D eigenvalue weighted by Gasteiger charge is 2.10.